The highest BCUT2D eigenvalue weighted by Gasteiger charge is 2.25. The number of halogens is 1. The summed E-state index contributed by atoms with van der Waals surface area (Å²) < 4.78 is 0. The minimum Gasteiger partial charge on any atom is -0.394 e. The fraction of sp³-hybridized carbons (Fsp3) is 0.562. The molecule has 1 N–H and O–H groups in total. The van der Waals surface area contributed by atoms with Crippen molar-refractivity contribution in [3.05, 3.63) is 34.9 Å². The van der Waals surface area contributed by atoms with E-state index in [4.69, 9.17) is 11.6 Å². The standard InChI is InChI=1S/C16H22ClNO2/c17-14-9-7-13(8-10-14)4-3-6-16(20)18-11-2-1-5-15(18)12-19/h7-10,15,19H,1-6,11-12H2/t15-/m1/s1. The van der Waals surface area contributed by atoms with Gasteiger partial charge in [0.25, 0.3) is 0 Å². The monoisotopic (exact) mass is 295 g/mol. The molecular weight excluding hydrogens is 274 g/mol. The summed E-state index contributed by atoms with van der Waals surface area (Å²) in [7, 11) is 0. The second-order valence-corrected chi connectivity index (χ2v) is 5.84. The number of carbonyl (C=O) groups is 1. The second-order valence-electron chi connectivity index (χ2n) is 5.40. The average Bonchev–Trinajstić information content (AvgIpc) is 2.49. The van der Waals surface area contributed by atoms with Crippen molar-refractivity contribution in [2.24, 2.45) is 0 Å². The van der Waals surface area contributed by atoms with Gasteiger partial charge in [0.1, 0.15) is 0 Å². The smallest absolute Gasteiger partial charge is 0.222 e. The number of carbonyl (C=O) groups excluding carboxylic acids is 1. The van der Waals surface area contributed by atoms with E-state index in [1.165, 1.54) is 5.56 Å². The van der Waals surface area contributed by atoms with Gasteiger partial charge in [0, 0.05) is 18.0 Å². The SMILES string of the molecule is O=C(CCCc1ccc(Cl)cc1)N1CCCC[C@@H]1CO. The van der Waals surface area contributed by atoms with Crippen molar-refractivity contribution in [1.82, 2.24) is 4.90 Å². The van der Waals surface area contributed by atoms with Crippen molar-refractivity contribution in [2.45, 2.75) is 44.6 Å². The van der Waals surface area contributed by atoms with E-state index in [0.29, 0.717) is 6.42 Å². The first-order valence-corrected chi connectivity index (χ1v) is 7.73. The van der Waals surface area contributed by atoms with Crippen molar-refractivity contribution in [3.63, 3.8) is 0 Å². The predicted octanol–water partition coefficient (Wildman–Crippen LogP) is 3.04. The van der Waals surface area contributed by atoms with Crippen molar-refractivity contribution in [2.75, 3.05) is 13.2 Å². The molecule has 1 aromatic carbocycles. The van der Waals surface area contributed by atoms with Gasteiger partial charge in [-0.15, -0.1) is 0 Å². The van der Waals surface area contributed by atoms with Crippen LogP contribution in [-0.4, -0.2) is 35.1 Å². The summed E-state index contributed by atoms with van der Waals surface area (Å²) in [4.78, 5) is 14.1. The Morgan fingerprint density at radius 1 is 1.30 bits per heavy atom. The number of nitrogens with zero attached hydrogens (tertiary/aromatic N) is 1. The third kappa shape index (κ3) is 4.22. The molecule has 1 atom stereocenters. The van der Waals surface area contributed by atoms with Crippen molar-refractivity contribution < 1.29 is 9.90 Å². The van der Waals surface area contributed by atoms with Crippen molar-refractivity contribution in [3.8, 4) is 0 Å². The number of hydrogen-bond acceptors (Lipinski definition) is 2. The third-order valence-electron chi connectivity index (χ3n) is 3.93. The number of hydrogen-bond donors (Lipinski definition) is 1. The fourth-order valence-electron chi connectivity index (χ4n) is 2.76. The van der Waals surface area contributed by atoms with E-state index < -0.39 is 0 Å². The molecule has 0 unspecified atom stereocenters. The van der Waals surface area contributed by atoms with E-state index in [2.05, 4.69) is 0 Å². The molecule has 1 aliphatic rings. The Morgan fingerprint density at radius 3 is 2.75 bits per heavy atom. The highest BCUT2D eigenvalue weighted by molar-refractivity contribution is 6.30. The first-order valence-electron chi connectivity index (χ1n) is 7.35. The zero-order chi connectivity index (χ0) is 14.4. The van der Waals surface area contributed by atoms with Gasteiger partial charge in [0.05, 0.1) is 12.6 Å². The number of benzene rings is 1. The topological polar surface area (TPSA) is 40.5 Å². The van der Waals surface area contributed by atoms with Crippen LogP contribution in [-0.2, 0) is 11.2 Å². The number of amides is 1. The molecule has 1 fully saturated rings. The Kier molecular flexibility index (Phi) is 5.86. The van der Waals surface area contributed by atoms with Crippen LogP contribution in [0.1, 0.15) is 37.7 Å². The summed E-state index contributed by atoms with van der Waals surface area (Å²) in [6, 6.07) is 7.80. The van der Waals surface area contributed by atoms with Crippen LogP contribution in [0.25, 0.3) is 0 Å². The van der Waals surface area contributed by atoms with Crippen LogP contribution in [0.2, 0.25) is 5.02 Å². The molecule has 110 valence electrons. The van der Waals surface area contributed by atoms with Gasteiger partial charge >= 0.3 is 0 Å². The summed E-state index contributed by atoms with van der Waals surface area (Å²) in [5, 5.41) is 10.1. The number of likely N-dealkylation sites (tertiary alicyclic amines) is 1. The summed E-state index contributed by atoms with van der Waals surface area (Å²) in [6.07, 6.45) is 5.38. The summed E-state index contributed by atoms with van der Waals surface area (Å²) in [6.45, 7) is 0.883. The largest absolute Gasteiger partial charge is 0.394 e. The molecule has 4 heteroatoms. The van der Waals surface area contributed by atoms with Crippen molar-refractivity contribution >= 4 is 17.5 Å². The zero-order valence-corrected chi connectivity index (χ0v) is 12.5. The molecule has 1 amide bonds. The van der Waals surface area contributed by atoms with E-state index in [9.17, 15) is 9.90 Å². The highest BCUT2D eigenvalue weighted by atomic mass is 35.5. The van der Waals surface area contributed by atoms with Gasteiger partial charge in [-0.05, 0) is 49.8 Å². The molecule has 1 aromatic rings. The van der Waals surface area contributed by atoms with Crippen molar-refractivity contribution in [1.29, 1.82) is 0 Å². The van der Waals surface area contributed by atoms with E-state index in [1.54, 1.807) is 0 Å². The molecule has 0 spiro atoms. The molecule has 20 heavy (non-hydrogen) atoms. The first kappa shape index (κ1) is 15.3. The number of piperidine rings is 1. The van der Waals surface area contributed by atoms with E-state index in [1.807, 2.05) is 29.2 Å². The molecule has 0 aromatic heterocycles. The Balaban J connectivity index is 1.78. The summed E-state index contributed by atoms with van der Waals surface area (Å²) in [5.41, 5.74) is 1.21. The second kappa shape index (κ2) is 7.65. The van der Waals surface area contributed by atoms with Crippen LogP contribution in [0.15, 0.2) is 24.3 Å². The van der Waals surface area contributed by atoms with E-state index in [-0.39, 0.29) is 18.6 Å². The Bertz CT molecular complexity index is 433. The predicted molar refractivity (Wildman–Crippen MR) is 80.8 cm³/mol. The molecule has 2 rings (SSSR count). The zero-order valence-electron chi connectivity index (χ0n) is 11.7. The van der Waals surface area contributed by atoms with Crippen LogP contribution in [0.5, 0.6) is 0 Å². The molecule has 3 nitrogen and oxygen atoms in total. The quantitative estimate of drug-likeness (QED) is 0.907. The molecule has 0 aliphatic carbocycles. The van der Waals surface area contributed by atoms with Crippen LogP contribution < -0.4 is 0 Å². The lowest BCUT2D eigenvalue weighted by atomic mass is 10.0. The van der Waals surface area contributed by atoms with Gasteiger partial charge in [0.2, 0.25) is 5.91 Å². The van der Waals surface area contributed by atoms with E-state index in [0.717, 1.165) is 43.7 Å². The van der Waals surface area contributed by atoms with Crippen LogP contribution in [0, 0.1) is 0 Å². The van der Waals surface area contributed by atoms with Gasteiger partial charge in [0.15, 0.2) is 0 Å². The summed E-state index contributed by atoms with van der Waals surface area (Å²) in [5.74, 6) is 0.178. The normalized spacial score (nSPS) is 19.1. The Hall–Kier alpha value is -1.06. The number of rotatable bonds is 5. The van der Waals surface area contributed by atoms with Gasteiger partial charge in [-0.25, -0.2) is 0 Å². The maximum Gasteiger partial charge on any atom is 0.222 e. The fourth-order valence-corrected chi connectivity index (χ4v) is 2.88. The molecular formula is C16H22ClNO2. The van der Waals surface area contributed by atoms with Gasteiger partial charge in [-0.3, -0.25) is 4.79 Å². The van der Waals surface area contributed by atoms with Crippen LogP contribution >= 0.6 is 11.6 Å². The molecule has 0 radical (unpaired) electrons. The van der Waals surface area contributed by atoms with Gasteiger partial charge in [-0.1, -0.05) is 23.7 Å². The molecule has 1 aliphatic heterocycles. The molecule has 0 bridgehead atoms. The Morgan fingerprint density at radius 2 is 2.05 bits per heavy atom. The minimum absolute atomic E-state index is 0.0341. The lowest BCUT2D eigenvalue weighted by Crippen LogP contribution is -2.45. The van der Waals surface area contributed by atoms with E-state index >= 15 is 0 Å². The highest BCUT2D eigenvalue weighted by Crippen LogP contribution is 2.18. The Labute approximate surface area is 125 Å². The maximum atomic E-state index is 12.2. The molecule has 0 saturated carbocycles. The summed E-state index contributed by atoms with van der Waals surface area (Å²) >= 11 is 5.85. The van der Waals surface area contributed by atoms with Crippen LogP contribution in [0.3, 0.4) is 0 Å². The maximum absolute atomic E-state index is 12.2. The third-order valence-corrected chi connectivity index (χ3v) is 4.18. The first-order chi connectivity index (χ1) is 9.70. The molecule has 1 saturated heterocycles. The van der Waals surface area contributed by atoms with Gasteiger partial charge in [-0.2, -0.15) is 0 Å². The minimum atomic E-state index is 0.0341. The number of aliphatic hydroxyl groups is 1. The molecule has 1 heterocycles. The van der Waals surface area contributed by atoms with Crippen LogP contribution in [0.4, 0.5) is 0 Å². The van der Waals surface area contributed by atoms with Gasteiger partial charge < -0.3 is 10.0 Å². The number of aliphatic hydroxyl groups excluding tert-OH is 1. The average molecular weight is 296 g/mol. The number of aryl methyl sites for hydroxylation is 1. The lowest BCUT2D eigenvalue weighted by Gasteiger charge is -2.34. The lowest BCUT2D eigenvalue weighted by molar-refractivity contribution is -0.136.